The summed E-state index contributed by atoms with van der Waals surface area (Å²) >= 11 is 0. The number of hydrogen-bond donors (Lipinski definition) is 0. The Morgan fingerprint density at radius 2 is 1.80 bits per heavy atom. The second kappa shape index (κ2) is 6.93. The molecule has 2 aliphatic heterocycles. The van der Waals surface area contributed by atoms with Gasteiger partial charge >= 0.3 is 18.2 Å². The molecule has 0 bridgehead atoms. The van der Waals surface area contributed by atoms with Crippen molar-refractivity contribution in [3.8, 4) is 0 Å². The summed E-state index contributed by atoms with van der Waals surface area (Å²) in [4.78, 5) is 26.0. The fourth-order valence-corrected chi connectivity index (χ4v) is 3.53. The normalized spacial score (nSPS) is 23.3. The monoisotopic (exact) mass is 356 g/mol. The average molecular weight is 356 g/mol. The van der Waals surface area contributed by atoms with Crippen LogP contribution in [0.5, 0.6) is 0 Å². The van der Waals surface area contributed by atoms with E-state index in [1.54, 1.807) is 0 Å². The Morgan fingerprint density at radius 1 is 1.12 bits per heavy atom. The van der Waals surface area contributed by atoms with E-state index in [1.807, 2.05) is 30.3 Å². The van der Waals surface area contributed by atoms with Crippen LogP contribution in [0, 0.1) is 5.92 Å². The number of piperidine rings is 1. The molecule has 2 aliphatic rings. The second-order valence-electron chi connectivity index (χ2n) is 6.39. The van der Waals surface area contributed by atoms with Crippen LogP contribution < -0.4 is 0 Å². The summed E-state index contributed by atoms with van der Waals surface area (Å²) in [5.74, 6) is -1.82. The minimum Gasteiger partial charge on any atom is -0.445 e. The number of fused-ring (bicyclic) bond motifs is 1. The van der Waals surface area contributed by atoms with Crippen LogP contribution in [0.2, 0.25) is 0 Å². The van der Waals surface area contributed by atoms with Gasteiger partial charge in [-0.25, -0.2) is 4.79 Å². The van der Waals surface area contributed by atoms with Gasteiger partial charge in [0.2, 0.25) is 0 Å². The van der Waals surface area contributed by atoms with Gasteiger partial charge in [-0.1, -0.05) is 30.3 Å². The molecular weight excluding hydrogens is 337 g/mol. The van der Waals surface area contributed by atoms with E-state index >= 15 is 0 Å². The van der Waals surface area contributed by atoms with Crippen molar-refractivity contribution in [2.24, 2.45) is 5.92 Å². The SMILES string of the molecule is O=C(OCc1ccccc1)N1CCC2CCN(C(=O)C(F)(F)F)C2C1. The number of amides is 2. The highest BCUT2D eigenvalue weighted by Crippen LogP contribution is 2.34. The Labute approximate surface area is 143 Å². The molecule has 5 nitrogen and oxygen atoms in total. The first-order valence-corrected chi connectivity index (χ1v) is 8.19. The molecule has 2 saturated heterocycles. The first-order chi connectivity index (χ1) is 11.9. The minimum atomic E-state index is -4.88. The van der Waals surface area contributed by atoms with Gasteiger partial charge < -0.3 is 14.5 Å². The molecule has 136 valence electrons. The third kappa shape index (κ3) is 3.88. The Balaban J connectivity index is 1.60. The summed E-state index contributed by atoms with van der Waals surface area (Å²) in [5, 5.41) is 0. The number of hydrogen-bond acceptors (Lipinski definition) is 3. The maximum Gasteiger partial charge on any atom is 0.471 e. The molecule has 1 aromatic rings. The average Bonchev–Trinajstić information content (AvgIpc) is 3.02. The molecular formula is C17H19F3N2O3. The van der Waals surface area contributed by atoms with Gasteiger partial charge in [-0.15, -0.1) is 0 Å². The Bertz CT molecular complexity index is 636. The molecule has 2 atom stereocenters. The first kappa shape index (κ1) is 17.6. The second-order valence-corrected chi connectivity index (χ2v) is 6.39. The Hall–Kier alpha value is -2.25. The number of rotatable bonds is 2. The minimum absolute atomic E-state index is 0.00414. The van der Waals surface area contributed by atoms with Crippen LogP contribution in [0.15, 0.2) is 30.3 Å². The fourth-order valence-electron chi connectivity index (χ4n) is 3.53. The topological polar surface area (TPSA) is 49.9 Å². The van der Waals surface area contributed by atoms with Crippen LogP contribution in [0.25, 0.3) is 0 Å². The number of alkyl halides is 3. The lowest BCUT2D eigenvalue weighted by atomic mass is 9.92. The van der Waals surface area contributed by atoms with E-state index in [-0.39, 0.29) is 25.6 Å². The molecule has 0 aliphatic carbocycles. The molecule has 0 N–H and O–H groups in total. The van der Waals surface area contributed by atoms with Crippen LogP contribution in [-0.4, -0.2) is 53.7 Å². The zero-order chi connectivity index (χ0) is 18.0. The summed E-state index contributed by atoms with van der Waals surface area (Å²) in [6.45, 7) is 0.707. The molecule has 3 rings (SSSR count). The molecule has 0 radical (unpaired) electrons. The zero-order valence-corrected chi connectivity index (χ0v) is 13.5. The van der Waals surface area contributed by atoms with Gasteiger partial charge in [-0.2, -0.15) is 13.2 Å². The maximum atomic E-state index is 12.7. The van der Waals surface area contributed by atoms with Gasteiger partial charge in [0.05, 0.1) is 6.04 Å². The van der Waals surface area contributed by atoms with Crippen molar-refractivity contribution in [3.05, 3.63) is 35.9 Å². The predicted molar refractivity (Wildman–Crippen MR) is 82.5 cm³/mol. The number of carbonyl (C=O) groups excluding carboxylic acids is 2. The van der Waals surface area contributed by atoms with Gasteiger partial charge in [-0.3, -0.25) is 4.79 Å². The summed E-state index contributed by atoms with van der Waals surface area (Å²) in [6.07, 6.45) is -4.33. The predicted octanol–water partition coefficient (Wildman–Crippen LogP) is 2.81. The molecule has 8 heteroatoms. The summed E-state index contributed by atoms with van der Waals surface area (Å²) in [5.41, 5.74) is 0.834. The van der Waals surface area contributed by atoms with Crippen molar-refractivity contribution in [1.82, 2.24) is 9.80 Å². The van der Waals surface area contributed by atoms with E-state index in [2.05, 4.69) is 0 Å². The van der Waals surface area contributed by atoms with E-state index in [0.717, 1.165) is 10.5 Å². The molecule has 0 saturated carbocycles. The quantitative estimate of drug-likeness (QED) is 0.819. The first-order valence-electron chi connectivity index (χ1n) is 8.19. The number of ether oxygens (including phenoxy) is 1. The lowest BCUT2D eigenvalue weighted by molar-refractivity contribution is -0.187. The smallest absolute Gasteiger partial charge is 0.445 e. The molecule has 2 amide bonds. The number of benzene rings is 1. The van der Waals surface area contributed by atoms with Gasteiger partial charge in [-0.05, 0) is 24.3 Å². The highest BCUT2D eigenvalue weighted by atomic mass is 19.4. The third-order valence-corrected chi connectivity index (χ3v) is 4.83. The van der Waals surface area contributed by atoms with Crippen molar-refractivity contribution in [1.29, 1.82) is 0 Å². The summed E-state index contributed by atoms with van der Waals surface area (Å²) in [6, 6.07) is 8.55. The Morgan fingerprint density at radius 3 is 2.48 bits per heavy atom. The van der Waals surface area contributed by atoms with Crippen LogP contribution in [-0.2, 0) is 16.1 Å². The third-order valence-electron chi connectivity index (χ3n) is 4.83. The van der Waals surface area contributed by atoms with Crippen LogP contribution in [0.4, 0.5) is 18.0 Å². The standard InChI is InChI=1S/C17H19F3N2O3/c18-17(19,20)15(23)22-9-7-13-6-8-21(10-14(13)22)16(24)25-11-12-4-2-1-3-5-12/h1-5,13-14H,6-11H2. The van der Waals surface area contributed by atoms with Gasteiger partial charge in [0, 0.05) is 19.6 Å². The molecule has 0 spiro atoms. The van der Waals surface area contributed by atoms with Gasteiger partial charge in [0.25, 0.3) is 0 Å². The van der Waals surface area contributed by atoms with E-state index in [9.17, 15) is 22.8 Å². The molecule has 25 heavy (non-hydrogen) atoms. The molecule has 2 heterocycles. The lowest BCUT2D eigenvalue weighted by Crippen LogP contribution is -2.54. The van der Waals surface area contributed by atoms with Crippen molar-refractivity contribution < 1.29 is 27.5 Å². The number of likely N-dealkylation sites (tertiary alicyclic amines) is 2. The van der Waals surface area contributed by atoms with Gasteiger partial charge in [0.15, 0.2) is 0 Å². The fraction of sp³-hybridized carbons (Fsp3) is 0.529. The van der Waals surface area contributed by atoms with Crippen molar-refractivity contribution in [2.45, 2.75) is 31.7 Å². The molecule has 2 fully saturated rings. The number of nitrogens with zero attached hydrogens (tertiary/aromatic N) is 2. The lowest BCUT2D eigenvalue weighted by Gasteiger charge is -2.37. The highest BCUT2D eigenvalue weighted by Gasteiger charge is 2.50. The molecule has 1 aromatic carbocycles. The maximum absolute atomic E-state index is 12.7. The van der Waals surface area contributed by atoms with Crippen molar-refractivity contribution in [3.63, 3.8) is 0 Å². The molecule has 0 aromatic heterocycles. The highest BCUT2D eigenvalue weighted by molar-refractivity contribution is 5.82. The Kier molecular flexibility index (Phi) is 4.87. The van der Waals surface area contributed by atoms with E-state index in [1.165, 1.54) is 4.90 Å². The van der Waals surface area contributed by atoms with E-state index < -0.39 is 24.2 Å². The van der Waals surface area contributed by atoms with Crippen LogP contribution in [0.1, 0.15) is 18.4 Å². The van der Waals surface area contributed by atoms with Crippen molar-refractivity contribution >= 4 is 12.0 Å². The van der Waals surface area contributed by atoms with Gasteiger partial charge in [0.1, 0.15) is 6.61 Å². The largest absolute Gasteiger partial charge is 0.471 e. The van der Waals surface area contributed by atoms with Crippen molar-refractivity contribution in [2.75, 3.05) is 19.6 Å². The number of halogens is 3. The zero-order valence-electron chi connectivity index (χ0n) is 13.5. The van der Waals surface area contributed by atoms with E-state index in [0.29, 0.717) is 19.4 Å². The van der Waals surface area contributed by atoms with Crippen LogP contribution in [0.3, 0.4) is 0 Å². The summed E-state index contributed by atoms with van der Waals surface area (Å²) in [7, 11) is 0. The molecule has 2 unspecified atom stereocenters. The number of carbonyl (C=O) groups is 2. The summed E-state index contributed by atoms with van der Waals surface area (Å²) < 4.78 is 43.4. The van der Waals surface area contributed by atoms with Crippen LogP contribution >= 0.6 is 0 Å². The van der Waals surface area contributed by atoms with E-state index in [4.69, 9.17) is 4.74 Å².